The average Bonchev–Trinajstić information content (AvgIpc) is 2.65. The van der Waals surface area contributed by atoms with E-state index in [1.165, 1.54) is 0 Å². The number of rotatable bonds is 7. The number of halogens is 1. The minimum Gasteiger partial charge on any atom is -0.496 e. The van der Waals surface area contributed by atoms with Crippen LogP contribution in [0.15, 0.2) is 46.9 Å². The summed E-state index contributed by atoms with van der Waals surface area (Å²) < 4.78 is 11.4. The van der Waals surface area contributed by atoms with Crippen LogP contribution in [0.2, 0.25) is 0 Å². The van der Waals surface area contributed by atoms with Crippen molar-refractivity contribution in [1.29, 1.82) is 0 Å². The van der Waals surface area contributed by atoms with E-state index in [9.17, 15) is 9.59 Å². The molecule has 0 unspecified atom stereocenters. The quantitative estimate of drug-likeness (QED) is 0.646. The summed E-state index contributed by atoms with van der Waals surface area (Å²) in [7, 11) is 1.54. The van der Waals surface area contributed by atoms with Crippen molar-refractivity contribution < 1.29 is 19.1 Å². The van der Waals surface area contributed by atoms with Gasteiger partial charge in [-0.15, -0.1) is 0 Å². The van der Waals surface area contributed by atoms with Crippen molar-refractivity contribution in [2.45, 2.75) is 20.3 Å². The van der Waals surface area contributed by atoms with Crippen LogP contribution in [-0.2, 0) is 0 Å². The molecule has 0 aromatic heterocycles. The van der Waals surface area contributed by atoms with Gasteiger partial charge in [-0.3, -0.25) is 20.4 Å². The molecule has 2 aromatic rings. The maximum absolute atomic E-state index is 12.3. The van der Waals surface area contributed by atoms with Gasteiger partial charge in [0.05, 0.1) is 18.2 Å². The van der Waals surface area contributed by atoms with E-state index in [1.54, 1.807) is 49.6 Å². The summed E-state index contributed by atoms with van der Waals surface area (Å²) in [6.07, 6.45) is 0.934. The van der Waals surface area contributed by atoms with Gasteiger partial charge >= 0.3 is 0 Å². The molecular formula is C20H23BrN2O4. The normalized spacial score (nSPS) is 10.4. The molecule has 7 heteroatoms. The second-order valence-corrected chi connectivity index (χ2v) is 7.17. The number of amides is 2. The third-order valence-electron chi connectivity index (χ3n) is 3.76. The zero-order valence-corrected chi connectivity index (χ0v) is 17.1. The van der Waals surface area contributed by atoms with Crippen LogP contribution in [0.25, 0.3) is 0 Å². The third kappa shape index (κ3) is 6.29. The monoisotopic (exact) mass is 434 g/mol. The predicted molar refractivity (Wildman–Crippen MR) is 107 cm³/mol. The molecule has 6 nitrogen and oxygen atoms in total. The molecule has 0 atom stereocenters. The highest BCUT2D eigenvalue weighted by Crippen LogP contribution is 2.25. The molecule has 0 aliphatic heterocycles. The molecule has 0 bridgehead atoms. The first-order valence-corrected chi connectivity index (χ1v) is 9.37. The number of hydrazine groups is 1. The van der Waals surface area contributed by atoms with Crippen LogP contribution in [-0.4, -0.2) is 25.5 Å². The summed E-state index contributed by atoms with van der Waals surface area (Å²) in [6.45, 7) is 4.83. The van der Waals surface area contributed by atoms with Crippen LogP contribution in [0.5, 0.6) is 11.5 Å². The lowest BCUT2D eigenvalue weighted by Crippen LogP contribution is -2.41. The van der Waals surface area contributed by atoms with Gasteiger partial charge in [-0.1, -0.05) is 19.9 Å². The Morgan fingerprint density at radius 1 is 1.04 bits per heavy atom. The Balaban J connectivity index is 1.93. The van der Waals surface area contributed by atoms with Crippen molar-refractivity contribution in [3.05, 3.63) is 58.1 Å². The lowest BCUT2D eigenvalue weighted by Gasteiger charge is -2.11. The van der Waals surface area contributed by atoms with E-state index in [0.717, 1.165) is 6.42 Å². The fourth-order valence-corrected chi connectivity index (χ4v) is 2.75. The maximum Gasteiger partial charge on any atom is 0.269 e. The highest BCUT2D eigenvalue weighted by atomic mass is 79.9. The molecule has 27 heavy (non-hydrogen) atoms. The van der Waals surface area contributed by atoms with Crippen LogP contribution >= 0.6 is 15.9 Å². The molecule has 0 fully saturated rings. The van der Waals surface area contributed by atoms with Gasteiger partial charge in [0.1, 0.15) is 11.5 Å². The number of carbonyl (C=O) groups excluding carboxylic acids is 2. The zero-order chi connectivity index (χ0) is 19.8. The lowest BCUT2D eigenvalue weighted by atomic mass is 10.1. The van der Waals surface area contributed by atoms with Gasteiger partial charge in [0.15, 0.2) is 0 Å². The number of hydrogen-bond donors (Lipinski definition) is 2. The Kier molecular flexibility index (Phi) is 7.67. The number of ether oxygens (including phenoxy) is 2. The molecule has 2 amide bonds. The first-order chi connectivity index (χ1) is 12.9. The van der Waals surface area contributed by atoms with E-state index in [2.05, 4.69) is 40.6 Å². The fourth-order valence-electron chi connectivity index (χ4n) is 2.21. The van der Waals surface area contributed by atoms with Gasteiger partial charge in [-0.05, 0) is 64.7 Å². The second-order valence-electron chi connectivity index (χ2n) is 6.32. The summed E-state index contributed by atoms with van der Waals surface area (Å²) in [5.74, 6) is 0.921. The Hall–Kier alpha value is -2.54. The largest absolute Gasteiger partial charge is 0.496 e. The van der Waals surface area contributed by atoms with Crippen molar-refractivity contribution >= 4 is 27.7 Å². The topological polar surface area (TPSA) is 76.7 Å². The molecule has 0 radical (unpaired) electrons. The summed E-state index contributed by atoms with van der Waals surface area (Å²) in [6, 6.07) is 11.7. The maximum atomic E-state index is 12.3. The molecule has 144 valence electrons. The number of carbonyl (C=O) groups is 2. The van der Waals surface area contributed by atoms with E-state index in [-0.39, 0.29) is 0 Å². The van der Waals surface area contributed by atoms with Crippen molar-refractivity contribution in [3.8, 4) is 11.5 Å². The van der Waals surface area contributed by atoms with Crippen LogP contribution in [0.1, 0.15) is 41.0 Å². The first-order valence-electron chi connectivity index (χ1n) is 8.57. The van der Waals surface area contributed by atoms with Gasteiger partial charge in [0.25, 0.3) is 11.8 Å². The zero-order valence-electron chi connectivity index (χ0n) is 15.5. The predicted octanol–water partition coefficient (Wildman–Crippen LogP) is 3.96. The van der Waals surface area contributed by atoms with E-state index < -0.39 is 11.8 Å². The number of benzene rings is 2. The molecule has 0 saturated carbocycles. The van der Waals surface area contributed by atoms with Gasteiger partial charge in [-0.2, -0.15) is 0 Å². The Bertz CT molecular complexity index is 808. The number of nitrogens with one attached hydrogen (secondary N) is 2. The van der Waals surface area contributed by atoms with E-state index in [1.807, 2.05) is 0 Å². The van der Waals surface area contributed by atoms with E-state index in [4.69, 9.17) is 9.47 Å². The van der Waals surface area contributed by atoms with Crippen molar-refractivity contribution in [3.63, 3.8) is 0 Å². The van der Waals surface area contributed by atoms with Gasteiger partial charge in [0, 0.05) is 11.1 Å². The molecule has 2 rings (SSSR count). The molecule has 2 N–H and O–H groups in total. The molecule has 0 aliphatic carbocycles. The molecule has 0 aliphatic rings. The molecule has 0 spiro atoms. The third-order valence-corrected chi connectivity index (χ3v) is 4.38. The minimum absolute atomic E-state index is 0.383. The summed E-state index contributed by atoms with van der Waals surface area (Å²) in [5.41, 5.74) is 5.58. The minimum atomic E-state index is -0.434. The van der Waals surface area contributed by atoms with Crippen LogP contribution in [0.3, 0.4) is 0 Å². The number of hydrogen-bond acceptors (Lipinski definition) is 4. The van der Waals surface area contributed by atoms with Crippen molar-refractivity contribution in [1.82, 2.24) is 10.9 Å². The van der Waals surface area contributed by atoms with Gasteiger partial charge in [-0.25, -0.2) is 0 Å². The van der Waals surface area contributed by atoms with E-state index in [0.29, 0.717) is 39.6 Å². The lowest BCUT2D eigenvalue weighted by molar-refractivity contribution is 0.0846. The summed E-state index contributed by atoms with van der Waals surface area (Å²) in [4.78, 5) is 24.5. The highest BCUT2D eigenvalue weighted by Gasteiger charge is 2.12. The van der Waals surface area contributed by atoms with Gasteiger partial charge < -0.3 is 9.47 Å². The molecule has 0 saturated heterocycles. The summed E-state index contributed by atoms with van der Waals surface area (Å²) >= 11 is 3.32. The van der Waals surface area contributed by atoms with Crippen LogP contribution < -0.4 is 20.3 Å². The Morgan fingerprint density at radius 2 is 1.70 bits per heavy atom. The van der Waals surface area contributed by atoms with E-state index >= 15 is 0 Å². The standard InChI is InChI=1S/C20H23BrN2O4/c1-13(2)9-10-27-16-6-4-5-14(11-16)19(24)22-23-20(25)15-7-8-18(26-3)17(21)12-15/h4-8,11-13H,9-10H2,1-3H3,(H,22,24)(H,23,25). The van der Waals surface area contributed by atoms with Crippen LogP contribution in [0, 0.1) is 5.92 Å². The second kappa shape index (κ2) is 9.97. The first kappa shape index (κ1) is 20.8. The molecule has 2 aromatic carbocycles. The fraction of sp³-hybridized carbons (Fsp3) is 0.300. The molecule has 0 heterocycles. The SMILES string of the molecule is COc1ccc(C(=O)NNC(=O)c2cccc(OCCC(C)C)c2)cc1Br. The summed E-state index contributed by atoms with van der Waals surface area (Å²) in [5, 5.41) is 0. The molecular weight excluding hydrogens is 412 g/mol. The van der Waals surface area contributed by atoms with Crippen molar-refractivity contribution in [2.24, 2.45) is 5.92 Å². The smallest absolute Gasteiger partial charge is 0.269 e. The average molecular weight is 435 g/mol. The number of methoxy groups -OCH3 is 1. The Morgan fingerprint density at radius 3 is 2.30 bits per heavy atom. The van der Waals surface area contributed by atoms with Gasteiger partial charge in [0.2, 0.25) is 0 Å². The van der Waals surface area contributed by atoms with Crippen LogP contribution in [0.4, 0.5) is 0 Å². The highest BCUT2D eigenvalue weighted by molar-refractivity contribution is 9.10. The Labute approximate surface area is 167 Å². The van der Waals surface area contributed by atoms with Crippen molar-refractivity contribution in [2.75, 3.05) is 13.7 Å².